The Morgan fingerprint density at radius 3 is 1.30 bits per heavy atom. The molecule has 2 aliphatic rings. The zero-order valence-electron chi connectivity index (χ0n) is 24.4. The fraction of sp³-hybridized carbons (Fsp3) is 0.270. The second-order valence-corrected chi connectivity index (χ2v) is 13.4. The van der Waals surface area contributed by atoms with Crippen molar-refractivity contribution in [3.63, 3.8) is 0 Å². The molecule has 1 heterocycles. The van der Waals surface area contributed by atoms with Crippen molar-refractivity contribution >= 4 is 0 Å². The third kappa shape index (κ3) is 3.53. The van der Waals surface area contributed by atoms with Gasteiger partial charge < -0.3 is 0 Å². The van der Waals surface area contributed by atoms with E-state index in [9.17, 15) is 0 Å². The van der Waals surface area contributed by atoms with Gasteiger partial charge in [-0.2, -0.15) is 0 Å². The monoisotopic (exact) mass is 521 g/mol. The van der Waals surface area contributed by atoms with E-state index >= 15 is 0 Å². The van der Waals surface area contributed by atoms with Crippen LogP contribution in [0.4, 0.5) is 0 Å². The van der Waals surface area contributed by atoms with Gasteiger partial charge in [-0.1, -0.05) is 121 Å². The molecule has 40 heavy (non-hydrogen) atoms. The molecule has 0 bridgehead atoms. The first-order valence-corrected chi connectivity index (χ1v) is 14.2. The summed E-state index contributed by atoms with van der Waals surface area (Å²) in [6.45, 7) is 15.7. The molecule has 0 spiro atoms. The number of benzene rings is 4. The number of aromatic nitrogens is 3. The van der Waals surface area contributed by atoms with E-state index in [0.29, 0.717) is 0 Å². The van der Waals surface area contributed by atoms with Crippen LogP contribution in [0.1, 0.15) is 76.5 Å². The fourth-order valence-electron chi connectivity index (χ4n) is 6.69. The van der Waals surface area contributed by atoms with Crippen LogP contribution >= 0.6 is 0 Å². The van der Waals surface area contributed by atoms with Crippen molar-refractivity contribution in [2.24, 2.45) is 0 Å². The van der Waals surface area contributed by atoms with Gasteiger partial charge in [0.05, 0.1) is 0 Å². The molecule has 0 amide bonds. The minimum atomic E-state index is -0.219. The molecule has 0 atom stereocenters. The molecule has 3 nitrogen and oxygen atoms in total. The van der Waals surface area contributed by atoms with Gasteiger partial charge in [0.2, 0.25) is 0 Å². The summed E-state index contributed by atoms with van der Waals surface area (Å²) in [7, 11) is 0. The molecule has 0 unspecified atom stereocenters. The molecule has 7 rings (SSSR count). The van der Waals surface area contributed by atoms with Crippen LogP contribution in [-0.4, -0.2) is 15.0 Å². The summed E-state index contributed by atoms with van der Waals surface area (Å²) in [4.78, 5) is 15.2. The fourth-order valence-corrected chi connectivity index (χ4v) is 6.69. The average molecular weight is 522 g/mol. The van der Waals surface area contributed by atoms with Gasteiger partial charge in [0, 0.05) is 27.4 Å². The van der Waals surface area contributed by atoms with Crippen LogP contribution < -0.4 is 0 Å². The van der Waals surface area contributed by atoms with Gasteiger partial charge in [-0.05, 0) is 56.6 Å². The Balaban J connectivity index is 1.40. The van der Waals surface area contributed by atoms with Gasteiger partial charge in [0.15, 0.2) is 11.6 Å². The summed E-state index contributed by atoms with van der Waals surface area (Å²) in [6, 6.07) is 30.9. The van der Waals surface area contributed by atoms with Crippen molar-refractivity contribution in [3.8, 4) is 45.0 Å². The van der Waals surface area contributed by atoms with Crippen LogP contribution in [0.5, 0.6) is 0 Å². The van der Waals surface area contributed by atoms with Crippen molar-refractivity contribution in [2.75, 3.05) is 0 Å². The van der Waals surface area contributed by atoms with Crippen LogP contribution in [0.15, 0.2) is 84.9 Å². The Morgan fingerprint density at radius 2 is 0.875 bits per heavy atom. The highest BCUT2D eigenvalue weighted by Crippen LogP contribution is 2.50. The van der Waals surface area contributed by atoms with Gasteiger partial charge in [0.1, 0.15) is 5.82 Å². The molecule has 0 aliphatic heterocycles. The lowest BCUT2D eigenvalue weighted by molar-refractivity contribution is 0.543. The summed E-state index contributed by atoms with van der Waals surface area (Å²) in [6.07, 6.45) is 0. The molecule has 4 aromatic carbocycles. The number of fused-ring (bicyclic) bond motifs is 6. The molecular weight excluding hydrogens is 486 g/mol. The van der Waals surface area contributed by atoms with Gasteiger partial charge in [-0.15, -0.1) is 0 Å². The number of hydrogen-bond donors (Lipinski definition) is 0. The molecule has 0 saturated heterocycles. The molecule has 0 N–H and O–H groups in total. The second-order valence-electron chi connectivity index (χ2n) is 13.4. The van der Waals surface area contributed by atoms with Gasteiger partial charge in [-0.3, -0.25) is 0 Å². The normalized spacial score (nSPS) is 15.8. The molecule has 5 aromatic rings. The first kappa shape index (κ1) is 24.9. The van der Waals surface area contributed by atoms with E-state index in [2.05, 4.69) is 133 Å². The van der Waals surface area contributed by atoms with Crippen molar-refractivity contribution in [1.29, 1.82) is 0 Å². The topological polar surface area (TPSA) is 38.7 Å². The lowest BCUT2D eigenvalue weighted by Crippen LogP contribution is -2.18. The largest absolute Gasteiger partial charge is 0.212 e. The molecule has 0 fully saturated rings. The van der Waals surface area contributed by atoms with E-state index in [4.69, 9.17) is 15.0 Å². The van der Waals surface area contributed by atoms with E-state index < -0.39 is 0 Å². The smallest absolute Gasteiger partial charge is 0.163 e. The summed E-state index contributed by atoms with van der Waals surface area (Å²) in [5.74, 6) is 2.25. The maximum Gasteiger partial charge on any atom is 0.163 e. The summed E-state index contributed by atoms with van der Waals surface area (Å²) in [5.41, 5.74) is 12.4. The quantitative estimate of drug-likeness (QED) is 0.232. The van der Waals surface area contributed by atoms with Crippen LogP contribution in [0.25, 0.3) is 45.0 Å². The summed E-state index contributed by atoms with van der Waals surface area (Å²) in [5, 5.41) is 0. The average Bonchev–Trinajstić information content (AvgIpc) is 3.32. The molecule has 2 aliphatic carbocycles. The number of hydrogen-bond acceptors (Lipinski definition) is 3. The van der Waals surface area contributed by atoms with Crippen molar-refractivity contribution in [2.45, 2.75) is 64.7 Å². The summed E-state index contributed by atoms with van der Waals surface area (Å²) < 4.78 is 0. The third-order valence-electron chi connectivity index (χ3n) is 8.99. The van der Waals surface area contributed by atoms with Crippen LogP contribution in [0, 0.1) is 0 Å². The Labute approximate surface area is 237 Å². The van der Waals surface area contributed by atoms with E-state index in [-0.39, 0.29) is 16.2 Å². The standard InChI is InChI=1S/C37H35N3/c1-35(2,3)34-39-32(22-16-18-30-26(20-22)24-12-8-10-14-28(24)36(30,4)5)38-33(40-34)23-17-19-31-27(21-23)25-13-9-11-15-29(25)37(31,6)7/h8-21H,1-7H3. The van der Waals surface area contributed by atoms with E-state index in [0.717, 1.165) is 28.6 Å². The molecule has 1 aromatic heterocycles. The lowest BCUT2D eigenvalue weighted by atomic mass is 9.82. The van der Waals surface area contributed by atoms with E-state index in [1.54, 1.807) is 0 Å². The Bertz CT molecular complexity index is 1710. The van der Waals surface area contributed by atoms with Crippen LogP contribution in [-0.2, 0) is 16.2 Å². The minimum absolute atomic E-state index is 0.0280. The zero-order valence-corrected chi connectivity index (χ0v) is 24.4. The molecule has 0 radical (unpaired) electrons. The van der Waals surface area contributed by atoms with E-state index in [1.807, 2.05) is 0 Å². The summed E-state index contributed by atoms with van der Waals surface area (Å²) >= 11 is 0. The molecule has 3 heteroatoms. The minimum Gasteiger partial charge on any atom is -0.212 e. The van der Waals surface area contributed by atoms with Crippen LogP contribution in [0.2, 0.25) is 0 Å². The maximum absolute atomic E-state index is 5.10. The van der Waals surface area contributed by atoms with E-state index in [1.165, 1.54) is 44.5 Å². The Hall–Kier alpha value is -4.11. The molecule has 198 valence electrons. The highest BCUT2D eigenvalue weighted by molar-refractivity contribution is 5.85. The number of nitrogens with zero attached hydrogens (tertiary/aromatic N) is 3. The molecule has 0 saturated carbocycles. The Morgan fingerprint density at radius 1 is 0.475 bits per heavy atom. The highest BCUT2D eigenvalue weighted by atomic mass is 15.0. The lowest BCUT2D eigenvalue weighted by Gasteiger charge is -2.22. The highest BCUT2D eigenvalue weighted by Gasteiger charge is 2.36. The van der Waals surface area contributed by atoms with Crippen LogP contribution in [0.3, 0.4) is 0 Å². The zero-order chi connectivity index (χ0) is 28.0. The van der Waals surface area contributed by atoms with Gasteiger partial charge in [-0.25, -0.2) is 15.0 Å². The third-order valence-corrected chi connectivity index (χ3v) is 8.99. The SMILES string of the molecule is CC(C)(C)c1nc(-c2ccc3c(c2)-c2ccccc2C3(C)C)nc(-c2ccc3c(c2)-c2ccccc2C3(C)C)n1. The Kier molecular flexibility index (Phi) is 5.11. The second kappa shape index (κ2) is 8.20. The first-order chi connectivity index (χ1) is 19.0. The predicted octanol–water partition coefficient (Wildman–Crippen LogP) is 9.12. The van der Waals surface area contributed by atoms with Crippen molar-refractivity contribution < 1.29 is 0 Å². The van der Waals surface area contributed by atoms with Gasteiger partial charge in [0.25, 0.3) is 0 Å². The van der Waals surface area contributed by atoms with Crippen molar-refractivity contribution in [1.82, 2.24) is 15.0 Å². The predicted molar refractivity (Wildman–Crippen MR) is 165 cm³/mol. The van der Waals surface area contributed by atoms with Crippen molar-refractivity contribution in [3.05, 3.63) is 113 Å². The first-order valence-electron chi connectivity index (χ1n) is 14.2. The van der Waals surface area contributed by atoms with Gasteiger partial charge >= 0.3 is 0 Å². The number of rotatable bonds is 2. The maximum atomic E-state index is 5.10. The molecular formula is C37H35N3.